The van der Waals surface area contributed by atoms with E-state index in [0.717, 1.165) is 22.2 Å². The average molecular weight is 265 g/mol. The molecule has 1 aromatic carbocycles. The molecule has 2 N–H and O–H groups in total. The number of hydrogen-bond donors (Lipinski definition) is 2. The van der Waals surface area contributed by atoms with Crippen LogP contribution in [0.4, 0.5) is 0 Å². The number of para-hydroxylation sites is 1. The molecule has 2 rings (SSSR count). The van der Waals surface area contributed by atoms with Gasteiger partial charge in [-0.25, -0.2) is 0 Å². The second-order valence-corrected chi connectivity index (χ2v) is 4.38. The predicted octanol–water partition coefficient (Wildman–Crippen LogP) is 2.69. The van der Waals surface area contributed by atoms with Gasteiger partial charge in [-0.1, -0.05) is 24.3 Å². The molecule has 0 unspecified atom stereocenters. The minimum atomic E-state index is -0.392. The maximum Gasteiger partial charge on any atom is 0.262 e. The van der Waals surface area contributed by atoms with Crippen molar-refractivity contribution < 1.29 is 4.79 Å². The summed E-state index contributed by atoms with van der Waals surface area (Å²) in [5.74, 6) is -0.392. The Balaban J connectivity index is 2.45. The van der Waals surface area contributed by atoms with E-state index in [1.165, 1.54) is 0 Å². The highest BCUT2D eigenvalue weighted by Gasteiger charge is 2.11. The highest BCUT2D eigenvalue weighted by atomic mass is 16.1. The number of fused-ring (bicyclic) bond motifs is 1. The lowest BCUT2D eigenvalue weighted by molar-refractivity contribution is -0.116. The third-order valence-electron chi connectivity index (χ3n) is 3.00. The number of nitrogens with one attached hydrogen (secondary N) is 2. The predicted molar refractivity (Wildman–Crippen MR) is 79.8 cm³/mol. The first-order valence-corrected chi connectivity index (χ1v) is 6.25. The Bertz CT molecular complexity index is 732. The number of nitrogens with zero attached hydrogens (tertiary/aromatic N) is 1. The van der Waals surface area contributed by atoms with Crippen LogP contribution in [0.1, 0.15) is 11.3 Å². The molecule has 100 valence electrons. The quantitative estimate of drug-likeness (QED) is 0.507. The van der Waals surface area contributed by atoms with Gasteiger partial charge in [0.2, 0.25) is 0 Å². The van der Waals surface area contributed by atoms with Gasteiger partial charge in [0.1, 0.15) is 11.6 Å². The number of aromatic nitrogens is 1. The van der Waals surface area contributed by atoms with Gasteiger partial charge in [-0.2, -0.15) is 5.26 Å². The van der Waals surface area contributed by atoms with Crippen LogP contribution in [0.15, 0.2) is 42.5 Å². The van der Waals surface area contributed by atoms with Gasteiger partial charge >= 0.3 is 0 Å². The first kappa shape index (κ1) is 13.6. The van der Waals surface area contributed by atoms with Crippen molar-refractivity contribution in [2.45, 2.75) is 6.92 Å². The van der Waals surface area contributed by atoms with Crippen LogP contribution in [-0.4, -0.2) is 17.4 Å². The van der Waals surface area contributed by atoms with Crippen molar-refractivity contribution in [1.29, 1.82) is 5.26 Å². The summed E-state index contributed by atoms with van der Waals surface area (Å²) in [4.78, 5) is 15.1. The van der Waals surface area contributed by atoms with Gasteiger partial charge in [0.15, 0.2) is 0 Å². The topological polar surface area (TPSA) is 68.7 Å². The molecule has 0 bridgehead atoms. The second kappa shape index (κ2) is 5.89. The van der Waals surface area contributed by atoms with Gasteiger partial charge in [-0.3, -0.25) is 4.79 Å². The molecular weight excluding hydrogens is 250 g/mol. The van der Waals surface area contributed by atoms with E-state index in [1.54, 1.807) is 12.2 Å². The fraction of sp³-hybridized carbons (Fsp3) is 0.125. The van der Waals surface area contributed by atoms with Crippen molar-refractivity contribution in [3.63, 3.8) is 0 Å². The normalized spacial score (nSPS) is 11.1. The summed E-state index contributed by atoms with van der Waals surface area (Å²) in [5, 5.41) is 12.7. The Morgan fingerprint density at radius 2 is 2.25 bits per heavy atom. The molecule has 1 aromatic heterocycles. The maximum atomic E-state index is 11.8. The number of carbonyl (C=O) groups excluding carboxylic acids is 1. The molecule has 0 saturated carbocycles. The highest BCUT2D eigenvalue weighted by Crippen LogP contribution is 2.24. The van der Waals surface area contributed by atoms with E-state index < -0.39 is 5.91 Å². The number of aryl methyl sites for hydroxylation is 1. The van der Waals surface area contributed by atoms with Gasteiger partial charge in [0.05, 0.1) is 0 Å². The van der Waals surface area contributed by atoms with Crippen LogP contribution in [0.3, 0.4) is 0 Å². The zero-order valence-corrected chi connectivity index (χ0v) is 11.2. The second-order valence-electron chi connectivity index (χ2n) is 4.38. The molecule has 20 heavy (non-hydrogen) atoms. The van der Waals surface area contributed by atoms with Crippen molar-refractivity contribution in [2.75, 3.05) is 6.54 Å². The van der Waals surface area contributed by atoms with Crippen LogP contribution in [0.2, 0.25) is 0 Å². The van der Waals surface area contributed by atoms with Crippen molar-refractivity contribution >= 4 is 22.9 Å². The summed E-state index contributed by atoms with van der Waals surface area (Å²) in [7, 11) is 0. The summed E-state index contributed by atoms with van der Waals surface area (Å²) in [5.41, 5.74) is 2.86. The number of amides is 1. The molecule has 0 spiro atoms. The maximum absolute atomic E-state index is 11.8. The molecule has 4 heteroatoms. The Morgan fingerprint density at radius 1 is 1.50 bits per heavy atom. The average Bonchev–Trinajstić information content (AvgIpc) is 2.77. The molecule has 0 aliphatic heterocycles. The van der Waals surface area contributed by atoms with Gasteiger partial charge in [-0.05, 0) is 19.1 Å². The van der Waals surface area contributed by atoms with E-state index in [4.69, 9.17) is 5.26 Å². The molecule has 0 radical (unpaired) electrons. The van der Waals surface area contributed by atoms with Crippen LogP contribution < -0.4 is 5.32 Å². The first-order chi connectivity index (χ1) is 9.67. The van der Waals surface area contributed by atoms with Crippen molar-refractivity contribution in [3.05, 3.63) is 53.8 Å². The molecule has 1 amide bonds. The standard InChI is InChI=1S/C16H15N3O/c1-3-8-18-16(20)12(10-17)9-14-11(2)19-15-7-5-4-6-13(14)15/h3-7,9,19H,1,8H2,2H3,(H,18,20)/b12-9-. The number of rotatable bonds is 4. The van der Waals surface area contributed by atoms with Gasteiger partial charge in [0, 0.05) is 28.7 Å². The zero-order valence-electron chi connectivity index (χ0n) is 11.2. The molecule has 0 fully saturated rings. The van der Waals surface area contributed by atoms with Crippen molar-refractivity contribution in [1.82, 2.24) is 10.3 Å². The van der Waals surface area contributed by atoms with Crippen molar-refractivity contribution in [3.8, 4) is 6.07 Å². The van der Waals surface area contributed by atoms with E-state index in [1.807, 2.05) is 37.3 Å². The molecular formula is C16H15N3O. The smallest absolute Gasteiger partial charge is 0.262 e. The van der Waals surface area contributed by atoms with E-state index in [-0.39, 0.29) is 5.57 Å². The van der Waals surface area contributed by atoms with Crippen LogP contribution >= 0.6 is 0 Å². The van der Waals surface area contributed by atoms with E-state index in [0.29, 0.717) is 6.54 Å². The summed E-state index contributed by atoms with van der Waals surface area (Å²) in [6.07, 6.45) is 3.19. The Kier molecular flexibility index (Phi) is 4.02. The number of hydrogen-bond acceptors (Lipinski definition) is 2. The minimum absolute atomic E-state index is 0.0831. The fourth-order valence-electron chi connectivity index (χ4n) is 2.04. The molecule has 0 saturated heterocycles. The van der Waals surface area contributed by atoms with E-state index in [2.05, 4.69) is 16.9 Å². The van der Waals surface area contributed by atoms with E-state index >= 15 is 0 Å². The number of nitriles is 1. The summed E-state index contributed by atoms with van der Waals surface area (Å²) < 4.78 is 0. The fourth-order valence-corrected chi connectivity index (χ4v) is 2.04. The minimum Gasteiger partial charge on any atom is -0.358 e. The van der Waals surface area contributed by atoms with Gasteiger partial charge in [-0.15, -0.1) is 6.58 Å². The number of benzene rings is 1. The zero-order chi connectivity index (χ0) is 14.5. The van der Waals surface area contributed by atoms with E-state index in [9.17, 15) is 4.79 Å². The largest absolute Gasteiger partial charge is 0.358 e. The Labute approximate surface area is 117 Å². The van der Waals surface area contributed by atoms with Crippen LogP contribution in [-0.2, 0) is 4.79 Å². The molecule has 1 heterocycles. The first-order valence-electron chi connectivity index (χ1n) is 6.25. The Hall–Kier alpha value is -2.80. The summed E-state index contributed by atoms with van der Waals surface area (Å²) in [6.45, 7) is 5.78. The lowest BCUT2D eigenvalue weighted by Gasteiger charge is -2.00. The lowest BCUT2D eigenvalue weighted by Crippen LogP contribution is -2.24. The number of carbonyl (C=O) groups is 1. The summed E-state index contributed by atoms with van der Waals surface area (Å²) in [6, 6.07) is 9.73. The third-order valence-corrected chi connectivity index (χ3v) is 3.00. The number of H-pyrrole nitrogens is 1. The molecule has 0 aliphatic rings. The molecule has 0 atom stereocenters. The SMILES string of the molecule is C=CCNC(=O)/C(C#N)=C\c1c(C)[nH]c2ccccc12. The van der Waals surface area contributed by atoms with Crippen LogP contribution in [0, 0.1) is 18.3 Å². The van der Waals surface area contributed by atoms with Gasteiger partial charge in [0.25, 0.3) is 5.91 Å². The Morgan fingerprint density at radius 3 is 2.95 bits per heavy atom. The van der Waals surface area contributed by atoms with Gasteiger partial charge < -0.3 is 10.3 Å². The third kappa shape index (κ3) is 2.62. The monoisotopic (exact) mass is 265 g/mol. The summed E-state index contributed by atoms with van der Waals surface area (Å²) >= 11 is 0. The molecule has 0 aliphatic carbocycles. The lowest BCUT2D eigenvalue weighted by atomic mass is 10.1. The van der Waals surface area contributed by atoms with Crippen LogP contribution in [0.25, 0.3) is 17.0 Å². The highest BCUT2D eigenvalue weighted by molar-refractivity contribution is 6.04. The van der Waals surface area contributed by atoms with Crippen molar-refractivity contribution in [2.24, 2.45) is 0 Å². The molecule has 4 nitrogen and oxygen atoms in total. The number of aromatic amines is 1. The van der Waals surface area contributed by atoms with Crippen LogP contribution in [0.5, 0.6) is 0 Å². The molecule has 2 aromatic rings.